The Morgan fingerprint density at radius 3 is 2.47 bits per heavy atom. The van der Waals surface area contributed by atoms with E-state index < -0.39 is 0 Å². The molecule has 2 aromatic carbocycles. The maximum absolute atomic E-state index is 12.4. The number of amides is 1. The fourth-order valence-electron chi connectivity index (χ4n) is 4.81. The lowest BCUT2D eigenvalue weighted by Crippen LogP contribution is -2.39. The van der Waals surface area contributed by atoms with Crippen LogP contribution in [0.3, 0.4) is 0 Å². The molecule has 1 atom stereocenters. The summed E-state index contributed by atoms with van der Waals surface area (Å²) in [4.78, 5) is 19.7. The molecule has 2 aliphatic heterocycles. The van der Waals surface area contributed by atoms with Crippen LogP contribution in [0.2, 0.25) is 0 Å². The standard InChI is InChI=1S/C25H23N5O2/c26-12-17-1-4-20(5-2-17)30-16-21(32-25(30)31)15-29-9-7-19(8-10-29)23-14-28-24-6-3-18(13-27)11-22(23)24/h1-6,11,14,19,21,28H,7-10,15-16H2. The average Bonchev–Trinajstić information content (AvgIpc) is 3.42. The van der Waals surface area contributed by atoms with E-state index in [9.17, 15) is 10.1 Å². The smallest absolute Gasteiger partial charge is 0.414 e. The molecule has 1 aromatic heterocycles. The Morgan fingerprint density at radius 2 is 1.75 bits per heavy atom. The second-order valence-electron chi connectivity index (χ2n) is 8.47. The molecule has 2 fully saturated rings. The molecule has 3 heterocycles. The monoisotopic (exact) mass is 425 g/mol. The Bertz CT molecular complexity index is 1230. The fraction of sp³-hybridized carbons (Fsp3) is 0.320. The summed E-state index contributed by atoms with van der Waals surface area (Å²) >= 11 is 0. The van der Waals surface area contributed by atoms with Crippen molar-refractivity contribution in [2.75, 3.05) is 31.1 Å². The van der Waals surface area contributed by atoms with Crippen LogP contribution in [0.4, 0.5) is 10.5 Å². The number of carbonyl (C=O) groups is 1. The number of benzene rings is 2. The lowest BCUT2D eigenvalue weighted by Gasteiger charge is -2.32. The normalized spacial score (nSPS) is 19.6. The topological polar surface area (TPSA) is 96.2 Å². The molecular weight excluding hydrogens is 402 g/mol. The molecule has 2 aliphatic rings. The van der Waals surface area contributed by atoms with E-state index in [1.54, 1.807) is 29.2 Å². The minimum Gasteiger partial charge on any atom is -0.443 e. The van der Waals surface area contributed by atoms with E-state index in [4.69, 9.17) is 10.00 Å². The summed E-state index contributed by atoms with van der Waals surface area (Å²) in [6.45, 7) is 3.13. The molecule has 5 rings (SSSR count). The lowest BCUT2D eigenvalue weighted by molar-refractivity contribution is 0.0977. The maximum atomic E-state index is 12.4. The van der Waals surface area contributed by atoms with Crippen molar-refractivity contribution in [3.05, 3.63) is 65.4 Å². The number of likely N-dealkylation sites (tertiary alicyclic amines) is 1. The van der Waals surface area contributed by atoms with Crippen LogP contribution in [0.15, 0.2) is 48.7 Å². The molecule has 1 amide bonds. The number of nitrogens with zero attached hydrogens (tertiary/aromatic N) is 4. The van der Waals surface area contributed by atoms with Crippen LogP contribution in [-0.4, -0.2) is 48.3 Å². The van der Waals surface area contributed by atoms with Gasteiger partial charge in [0.2, 0.25) is 0 Å². The average molecular weight is 425 g/mol. The Balaban J connectivity index is 1.19. The highest BCUT2D eigenvalue weighted by molar-refractivity contribution is 5.89. The van der Waals surface area contributed by atoms with Gasteiger partial charge in [-0.15, -0.1) is 0 Å². The molecule has 0 saturated carbocycles. The molecule has 0 radical (unpaired) electrons. The van der Waals surface area contributed by atoms with E-state index in [0.717, 1.165) is 49.1 Å². The number of hydrogen-bond acceptors (Lipinski definition) is 5. The van der Waals surface area contributed by atoms with Crippen molar-refractivity contribution in [3.63, 3.8) is 0 Å². The first-order valence-corrected chi connectivity index (χ1v) is 10.9. The van der Waals surface area contributed by atoms with Crippen LogP contribution in [-0.2, 0) is 4.74 Å². The molecule has 7 nitrogen and oxygen atoms in total. The summed E-state index contributed by atoms with van der Waals surface area (Å²) in [5.74, 6) is 0.454. The number of H-pyrrole nitrogens is 1. The van der Waals surface area contributed by atoms with Crippen LogP contribution in [0.1, 0.15) is 35.4 Å². The van der Waals surface area contributed by atoms with Crippen LogP contribution >= 0.6 is 0 Å². The van der Waals surface area contributed by atoms with E-state index in [2.05, 4.69) is 28.2 Å². The predicted octanol–water partition coefficient (Wildman–Crippen LogP) is 4.12. The third-order valence-corrected chi connectivity index (χ3v) is 6.51. The largest absolute Gasteiger partial charge is 0.443 e. The van der Waals surface area contributed by atoms with Crippen molar-refractivity contribution < 1.29 is 9.53 Å². The maximum Gasteiger partial charge on any atom is 0.414 e. The first-order valence-electron chi connectivity index (χ1n) is 10.9. The van der Waals surface area contributed by atoms with Gasteiger partial charge < -0.3 is 9.72 Å². The summed E-state index contributed by atoms with van der Waals surface area (Å²) < 4.78 is 5.61. The second kappa shape index (κ2) is 8.37. The zero-order valence-corrected chi connectivity index (χ0v) is 17.6. The number of hydrogen-bond donors (Lipinski definition) is 1. The second-order valence-corrected chi connectivity index (χ2v) is 8.47. The van der Waals surface area contributed by atoms with Gasteiger partial charge >= 0.3 is 6.09 Å². The Kier molecular flexibility index (Phi) is 5.26. The van der Waals surface area contributed by atoms with Crippen LogP contribution in [0, 0.1) is 22.7 Å². The highest BCUT2D eigenvalue weighted by Gasteiger charge is 2.34. The van der Waals surface area contributed by atoms with Gasteiger partial charge in [-0.2, -0.15) is 10.5 Å². The summed E-state index contributed by atoms with van der Waals surface area (Å²) in [6, 6.07) is 17.1. The summed E-state index contributed by atoms with van der Waals surface area (Å²) in [7, 11) is 0. The zero-order chi connectivity index (χ0) is 22.1. The predicted molar refractivity (Wildman–Crippen MR) is 120 cm³/mol. The number of nitrogens with one attached hydrogen (secondary N) is 1. The van der Waals surface area contributed by atoms with Gasteiger partial charge in [0.25, 0.3) is 0 Å². The van der Waals surface area contributed by atoms with Crippen molar-refractivity contribution in [3.8, 4) is 12.1 Å². The molecule has 0 bridgehead atoms. The van der Waals surface area contributed by atoms with Crippen molar-refractivity contribution in [1.82, 2.24) is 9.88 Å². The number of rotatable bonds is 4. The van der Waals surface area contributed by atoms with Crippen LogP contribution in [0.5, 0.6) is 0 Å². The van der Waals surface area contributed by atoms with Gasteiger partial charge in [-0.3, -0.25) is 9.80 Å². The Labute approximate surface area is 186 Å². The third-order valence-electron chi connectivity index (χ3n) is 6.51. The first kappa shape index (κ1) is 20.1. The van der Waals surface area contributed by atoms with Crippen LogP contribution in [0.25, 0.3) is 10.9 Å². The summed E-state index contributed by atoms with van der Waals surface area (Å²) in [6.07, 6.45) is 3.65. The Morgan fingerprint density at radius 1 is 1.03 bits per heavy atom. The molecule has 0 aliphatic carbocycles. The van der Waals surface area contributed by atoms with Gasteiger partial charge in [0.05, 0.1) is 29.8 Å². The molecule has 1 unspecified atom stereocenters. The van der Waals surface area contributed by atoms with Crippen molar-refractivity contribution >= 4 is 22.7 Å². The highest BCUT2D eigenvalue weighted by Crippen LogP contribution is 2.34. The number of anilines is 1. The number of ether oxygens (including phenoxy) is 1. The molecular formula is C25H23N5O2. The minimum atomic E-state index is -0.332. The number of aromatic amines is 1. The molecule has 2 saturated heterocycles. The highest BCUT2D eigenvalue weighted by atomic mass is 16.6. The molecule has 160 valence electrons. The first-order chi connectivity index (χ1) is 15.6. The number of carbonyl (C=O) groups excluding carboxylic acids is 1. The van der Waals surface area contributed by atoms with E-state index in [0.29, 0.717) is 23.6 Å². The molecule has 3 aromatic rings. The van der Waals surface area contributed by atoms with Gasteiger partial charge in [0, 0.05) is 29.3 Å². The number of piperidine rings is 1. The molecule has 32 heavy (non-hydrogen) atoms. The summed E-state index contributed by atoms with van der Waals surface area (Å²) in [5.41, 5.74) is 4.37. The van der Waals surface area contributed by atoms with Gasteiger partial charge in [0.1, 0.15) is 6.10 Å². The number of fused-ring (bicyclic) bond motifs is 1. The van der Waals surface area contributed by atoms with E-state index >= 15 is 0 Å². The molecule has 0 spiro atoms. The minimum absolute atomic E-state index is 0.166. The van der Waals surface area contributed by atoms with E-state index in [-0.39, 0.29) is 12.2 Å². The van der Waals surface area contributed by atoms with Gasteiger partial charge in [-0.05, 0) is 79.9 Å². The fourth-order valence-corrected chi connectivity index (χ4v) is 4.81. The van der Waals surface area contributed by atoms with Gasteiger partial charge in [-0.25, -0.2) is 4.79 Å². The number of aromatic nitrogens is 1. The van der Waals surface area contributed by atoms with Crippen molar-refractivity contribution in [2.24, 2.45) is 0 Å². The molecule has 1 N–H and O–H groups in total. The van der Waals surface area contributed by atoms with Crippen molar-refractivity contribution in [1.29, 1.82) is 10.5 Å². The van der Waals surface area contributed by atoms with Crippen LogP contribution < -0.4 is 4.90 Å². The summed E-state index contributed by atoms with van der Waals surface area (Å²) in [5, 5.41) is 19.3. The lowest BCUT2D eigenvalue weighted by atomic mass is 9.89. The SMILES string of the molecule is N#Cc1ccc(N2CC(CN3CCC(c4c[nH]c5ccc(C#N)cc45)CC3)OC2=O)cc1. The zero-order valence-electron chi connectivity index (χ0n) is 17.6. The molecule has 7 heteroatoms. The van der Waals surface area contributed by atoms with E-state index in [1.165, 1.54) is 5.56 Å². The number of nitriles is 2. The van der Waals surface area contributed by atoms with Crippen molar-refractivity contribution in [2.45, 2.75) is 24.9 Å². The van der Waals surface area contributed by atoms with Gasteiger partial charge in [0.15, 0.2) is 0 Å². The third kappa shape index (κ3) is 3.79. The Hall–Kier alpha value is -3.81. The number of cyclic esters (lactones) is 1. The van der Waals surface area contributed by atoms with Gasteiger partial charge in [-0.1, -0.05) is 0 Å². The van der Waals surface area contributed by atoms with E-state index in [1.807, 2.05) is 18.2 Å². The quantitative estimate of drug-likeness (QED) is 0.678.